The van der Waals surface area contributed by atoms with Crippen LogP contribution in [0.3, 0.4) is 0 Å². The molecule has 3 rings (SSSR count). The number of nitrogens with one attached hydrogen (secondary N) is 1. The van der Waals surface area contributed by atoms with Gasteiger partial charge in [0.05, 0.1) is 11.4 Å². The molecular weight excluding hydrogens is 264 g/mol. The van der Waals surface area contributed by atoms with Crippen LogP contribution in [0.2, 0.25) is 0 Å². The minimum atomic E-state index is 0.00284. The fourth-order valence-corrected chi connectivity index (χ4v) is 2.98. The highest BCUT2D eigenvalue weighted by molar-refractivity contribution is 5.95. The summed E-state index contributed by atoms with van der Waals surface area (Å²) < 4.78 is 0. The molecule has 0 saturated heterocycles. The van der Waals surface area contributed by atoms with Gasteiger partial charge in [-0.05, 0) is 44.4 Å². The lowest BCUT2D eigenvalue weighted by Crippen LogP contribution is -2.38. The van der Waals surface area contributed by atoms with E-state index in [1.54, 1.807) is 0 Å². The minimum absolute atomic E-state index is 0.00284. The quantitative estimate of drug-likeness (QED) is 0.940. The van der Waals surface area contributed by atoms with E-state index >= 15 is 0 Å². The van der Waals surface area contributed by atoms with Gasteiger partial charge < -0.3 is 4.90 Å². The first kappa shape index (κ1) is 13.8. The Morgan fingerprint density at radius 3 is 2.95 bits per heavy atom. The van der Waals surface area contributed by atoms with Gasteiger partial charge in [0.15, 0.2) is 0 Å². The van der Waals surface area contributed by atoms with Gasteiger partial charge in [0.1, 0.15) is 0 Å². The van der Waals surface area contributed by atoms with E-state index in [4.69, 9.17) is 0 Å². The Balaban J connectivity index is 1.80. The Morgan fingerprint density at radius 1 is 1.38 bits per heavy atom. The molecule has 1 aromatic carbocycles. The summed E-state index contributed by atoms with van der Waals surface area (Å²) in [5.41, 5.74) is 4.10. The van der Waals surface area contributed by atoms with E-state index < -0.39 is 0 Å². The van der Waals surface area contributed by atoms with Crippen LogP contribution >= 0.6 is 0 Å². The molecule has 0 spiro atoms. The zero-order chi connectivity index (χ0) is 14.8. The van der Waals surface area contributed by atoms with Crippen LogP contribution in [0.25, 0.3) is 0 Å². The highest BCUT2D eigenvalue weighted by atomic mass is 16.2. The molecule has 5 heteroatoms. The van der Waals surface area contributed by atoms with Crippen LogP contribution in [0.4, 0.5) is 5.69 Å². The Hall–Kier alpha value is -2.17. The molecular formula is C16H20N4O. The Bertz CT molecular complexity index is 649. The molecule has 110 valence electrons. The lowest BCUT2D eigenvalue weighted by atomic mass is 9.88. The first-order valence-electron chi connectivity index (χ1n) is 7.45. The third kappa shape index (κ3) is 2.68. The summed E-state index contributed by atoms with van der Waals surface area (Å²) in [4.78, 5) is 14.7. The highest BCUT2D eigenvalue weighted by Gasteiger charge is 2.30. The molecule has 0 fully saturated rings. The van der Waals surface area contributed by atoms with Crippen molar-refractivity contribution >= 4 is 11.6 Å². The third-order valence-corrected chi connectivity index (χ3v) is 4.12. The summed E-state index contributed by atoms with van der Waals surface area (Å²) in [5, 5.41) is 10.9. The first-order chi connectivity index (χ1) is 10.2. The molecule has 1 heterocycles. The maximum atomic E-state index is 12.8. The number of aromatic amines is 1. The number of rotatable bonds is 3. The predicted molar refractivity (Wildman–Crippen MR) is 81.1 cm³/mol. The summed E-state index contributed by atoms with van der Waals surface area (Å²) in [6, 6.07) is 8.10. The van der Waals surface area contributed by atoms with Crippen LogP contribution in [0.1, 0.15) is 30.3 Å². The number of hydrogen-bond acceptors (Lipinski definition) is 3. The number of aromatic nitrogens is 3. The maximum Gasteiger partial charge on any atom is 0.230 e. The van der Waals surface area contributed by atoms with Crippen LogP contribution in [0.15, 0.2) is 24.3 Å². The van der Waals surface area contributed by atoms with E-state index in [0.717, 1.165) is 29.9 Å². The van der Waals surface area contributed by atoms with Crippen molar-refractivity contribution in [1.29, 1.82) is 0 Å². The van der Waals surface area contributed by atoms with E-state index in [1.807, 2.05) is 36.9 Å². The molecule has 0 radical (unpaired) electrons. The lowest BCUT2D eigenvalue weighted by Gasteiger charge is -2.28. The second-order valence-electron chi connectivity index (χ2n) is 5.58. The van der Waals surface area contributed by atoms with Gasteiger partial charge in [-0.3, -0.25) is 4.79 Å². The number of H-pyrrole nitrogens is 1. The van der Waals surface area contributed by atoms with Gasteiger partial charge in [-0.2, -0.15) is 15.4 Å². The molecule has 21 heavy (non-hydrogen) atoms. The zero-order valence-corrected chi connectivity index (χ0v) is 12.5. The van der Waals surface area contributed by atoms with Crippen molar-refractivity contribution in [3.63, 3.8) is 0 Å². The van der Waals surface area contributed by atoms with Crippen LogP contribution in [-0.4, -0.2) is 27.9 Å². The van der Waals surface area contributed by atoms with Crippen molar-refractivity contribution in [2.24, 2.45) is 5.92 Å². The molecule has 1 atom stereocenters. The van der Waals surface area contributed by atoms with Gasteiger partial charge in [-0.15, -0.1) is 0 Å². The standard InChI is InChI=1S/C16H20N4O/c1-3-20(13-6-4-5-11(2)9-13)16(21)12-7-8-14-15(10-12)18-19-17-14/h4-6,9,12H,3,7-8,10H2,1-2H3,(H,17,18,19). The molecule has 1 N–H and O–H groups in total. The van der Waals surface area contributed by atoms with Crippen LogP contribution < -0.4 is 4.90 Å². The number of benzene rings is 1. The van der Waals surface area contributed by atoms with E-state index in [0.29, 0.717) is 13.0 Å². The van der Waals surface area contributed by atoms with E-state index in [1.165, 1.54) is 5.56 Å². The highest BCUT2D eigenvalue weighted by Crippen LogP contribution is 2.26. The van der Waals surface area contributed by atoms with Crippen molar-refractivity contribution in [3.05, 3.63) is 41.2 Å². The molecule has 5 nitrogen and oxygen atoms in total. The van der Waals surface area contributed by atoms with Gasteiger partial charge >= 0.3 is 0 Å². The van der Waals surface area contributed by atoms with Gasteiger partial charge in [-0.1, -0.05) is 12.1 Å². The SMILES string of the molecule is CCN(C(=O)C1CCc2n[nH]nc2C1)c1cccc(C)c1. The van der Waals surface area contributed by atoms with Crippen molar-refractivity contribution in [3.8, 4) is 0 Å². The largest absolute Gasteiger partial charge is 0.312 e. The van der Waals surface area contributed by atoms with E-state index in [-0.39, 0.29) is 11.8 Å². The molecule has 0 saturated carbocycles. The number of anilines is 1. The van der Waals surface area contributed by atoms with Gasteiger partial charge in [0.25, 0.3) is 0 Å². The maximum absolute atomic E-state index is 12.8. The molecule has 2 aromatic rings. The molecule has 1 aromatic heterocycles. The monoisotopic (exact) mass is 284 g/mol. The van der Waals surface area contributed by atoms with Crippen LogP contribution in [0.5, 0.6) is 0 Å². The number of nitrogens with zero attached hydrogens (tertiary/aromatic N) is 3. The molecule has 0 aliphatic heterocycles. The topological polar surface area (TPSA) is 61.9 Å². The van der Waals surface area contributed by atoms with E-state index in [9.17, 15) is 4.79 Å². The summed E-state index contributed by atoms with van der Waals surface area (Å²) in [7, 11) is 0. The Labute approximate surface area is 124 Å². The van der Waals surface area contributed by atoms with Crippen molar-refractivity contribution in [1.82, 2.24) is 15.4 Å². The number of carbonyl (C=O) groups is 1. The first-order valence-corrected chi connectivity index (χ1v) is 7.45. The number of carbonyl (C=O) groups excluding carboxylic acids is 1. The summed E-state index contributed by atoms with van der Waals surface area (Å²) in [6.07, 6.45) is 2.36. The van der Waals surface area contributed by atoms with Gasteiger partial charge in [0.2, 0.25) is 5.91 Å². The normalized spacial score (nSPS) is 17.3. The molecule has 1 aliphatic rings. The lowest BCUT2D eigenvalue weighted by molar-refractivity contribution is -0.122. The number of hydrogen-bond donors (Lipinski definition) is 1. The number of amides is 1. The summed E-state index contributed by atoms with van der Waals surface area (Å²) in [5.74, 6) is 0.194. The predicted octanol–water partition coefficient (Wildman–Crippen LogP) is 2.27. The van der Waals surface area contributed by atoms with Gasteiger partial charge in [0, 0.05) is 24.6 Å². The second-order valence-corrected chi connectivity index (χ2v) is 5.58. The van der Waals surface area contributed by atoms with Crippen molar-refractivity contribution < 1.29 is 4.79 Å². The summed E-state index contributed by atoms with van der Waals surface area (Å²) >= 11 is 0. The second kappa shape index (κ2) is 5.68. The fraction of sp³-hybridized carbons (Fsp3) is 0.438. The van der Waals surface area contributed by atoms with Crippen LogP contribution in [-0.2, 0) is 17.6 Å². The molecule has 1 unspecified atom stereocenters. The molecule has 1 amide bonds. The number of aryl methyl sites for hydroxylation is 2. The Morgan fingerprint density at radius 2 is 2.19 bits per heavy atom. The average molecular weight is 284 g/mol. The smallest absolute Gasteiger partial charge is 0.230 e. The van der Waals surface area contributed by atoms with Gasteiger partial charge in [-0.25, -0.2) is 0 Å². The molecule has 0 bridgehead atoms. The fourth-order valence-electron chi connectivity index (χ4n) is 2.98. The summed E-state index contributed by atoms with van der Waals surface area (Å²) in [6.45, 7) is 4.75. The Kier molecular flexibility index (Phi) is 3.73. The third-order valence-electron chi connectivity index (χ3n) is 4.12. The minimum Gasteiger partial charge on any atom is -0.312 e. The number of fused-ring (bicyclic) bond motifs is 1. The van der Waals surface area contributed by atoms with Crippen molar-refractivity contribution in [2.75, 3.05) is 11.4 Å². The van der Waals surface area contributed by atoms with Crippen LogP contribution in [0, 0.1) is 12.8 Å². The van der Waals surface area contributed by atoms with Crippen molar-refractivity contribution in [2.45, 2.75) is 33.1 Å². The zero-order valence-electron chi connectivity index (χ0n) is 12.5. The van der Waals surface area contributed by atoms with E-state index in [2.05, 4.69) is 21.5 Å². The average Bonchev–Trinajstić information content (AvgIpc) is 2.95. The molecule has 1 aliphatic carbocycles.